The van der Waals surface area contributed by atoms with Gasteiger partial charge in [0, 0.05) is 74.5 Å². The molecule has 15 nitrogen and oxygen atoms in total. The fourth-order valence-electron chi connectivity index (χ4n) is 13.4. The van der Waals surface area contributed by atoms with Gasteiger partial charge in [-0.15, -0.1) is 24.8 Å². The number of ether oxygens (including phenoxy) is 1. The number of likely N-dealkylation sites (N-methyl/N-ethyl adjacent to an activating group) is 2. The van der Waals surface area contributed by atoms with Crippen LogP contribution in [0.1, 0.15) is 156 Å². The van der Waals surface area contributed by atoms with Crippen molar-refractivity contribution in [1.82, 2.24) is 38.7 Å². The number of carboxylic acid groups (broad SMARTS) is 1. The number of benzene rings is 2. The molecule has 2 aromatic heterocycles. The number of nitrogens with zero attached hydrogens (tertiary/aromatic N) is 8. The minimum atomic E-state index is -1.25. The summed E-state index contributed by atoms with van der Waals surface area (Å²) in [5.41, 5.74) is 1.58. The Balaban J connectivity index is 0.000000247. The number of hydrogen-bond donors (Lipinski definition) is 1. The van der Waals surface area contributed by atoms with E-state index >= 15 is 0 Å². The summed E-state index contributed by atoms with van der Waals surface area (Å²) in [6.45, 7) is 6.06. The van der Waals surface area contributed by atoms with Crippen molar-refractivity contribution < 1.29 is 54.5 Å². The molecule has 2 unspecified atom stereocenters. The molecule has 2 aliphatic carbocycles. The van der Waals surface area contributed by atoms with Gasteiger partial charge in [0.2, 0.25) is 11.4 Å². The van der Waals surface area contributed by atoms with E-state index in [2.05, 4.69) is 43.7 Å². The summed E-state index contributed by atoms with van der Waals surface area (Å²) < 4.78 is 8.80. The van der Waals surface area contributed by atoms with E-state index in [1.807, 2.05) is 47.0 Å². The van der Waals surface area contributed by atoms with Crippen LogP contribution in [0.3, 0.4) is 0 Å². The van der Waals surface area contributed by atoms with Gasteiger partial charge in [0.25, 0.3) is 11.1 Å². The fourth-order valence-corrected chi connectivity index (χ4v) is 13.4. The van der Waals surface area contributed by atoms with E-state index in [-0.39, 0.29) is 95.5 Å². The number of likely N-dealkylation sites (tertiary alicyclic amines) is 2. The molecule has 380 valence electrons. The molecule has 2 N–H and O–H groups in total. The Bertz CT molecular complexity index is 2450. The van der Waals surface area contributed by atoms with Gasteiger partial charge in [-0.25, -0.2) is 19.6 Å². The molecule has 2 saturated carbocycles. The summed E-state index contributed by atoms with van der Waals surface area (Å²) in [7, 11) is 4.43. The number of piperidine rings is 2. The van der Waals surface area contributed by atoms with Gasteiger partial charge in [-0.05, 0) is 96.7 Å². The number of aromatic carboxylic acids is 1. The van der Waals surface area contributed by atoms with E-state index in [0.717, 1.165) is 62.9 Å². The topological polar surface area (TPSA) is 176 Å². The number of hydrogen-bond acceptors (Lipinski definition) is 12. The quantitative estimate of drug-likeness (QED) is 0.189. The molecule has 4 aromatic rings. The van der Waals surface area contributed by atoms with Crippen LogP contribution in [0.15, 0.2) is 58.1 Å². The number of carbonyl (C=O) groups excluding carboxylic acids is 1. The Hall–Kier alpha value is -2.96. The Morgan fingerprint density at radius 1 is 0.557 bits per heavy atom. The first kappa shape index (κ1) is 57.9. The average Bonchev–Trinajstić information content (AvgIpc) is 3.25. The van der Waals surface area contributed by atoms with Crippen molar-refractivity contribution >= 4 is 58.8 Å². The predicted octanol–water partition coefficient (Wildman–Crippen LogP) is 5.20. The van der Waals surface area contributed by atoms with Crippen LogP contribution in [0, 0.1) is 0 Å². The van der Waals surface area contributed by atoms with E-state index in [9.17, 15) is 24.3 Å². The Labute approximate surface area is 447 Å². The zero-order valence-electron chi connectivity index (χ0n) is 41.8. The number of para-hydroxylation sites is 4. The first-order valence-electron chi connectivity index (χ1n) is 25.4. The maximum atomic E-state index is 13.6. The number of aromatic nitrogens is 4. The van der Waals surface area contributed by atoms with Crippen LogP contribution in [-0.2, 0) is 4.74 Å². The van der Waals surface area contributed by atoms with E-state index in [1.165, 1.54) is 89.9 Å². The molecule has 6 aliphatic rings. The summed E-state index contributed by atoms with van der Waals surface area (Å²) in [5, 5.41) is 9.62. The van der Waals surface area contributed by atoms with Crippen LogP contribution in [-0.4, -0.2) is 144 Å². The molecule has 18 heteroatoms. The van der Waals surface area contributed by atoms with Crippen LogP contribution in [0.2, 0.25) is 0 Å². The minimum absolute atomic E-state index is 0. The molecule has 6 atom stereocenters. The fraction of sp³-hybridized carbons (Fsp3) is 0.654. The van der Waals surface area contributed by atoms with Crippen molar-refractivity contribution in [2.24, 2.45) is 0 Å². The van der Waals surface area contributed by atoms with Crippen LogP contribution >= 0.6 is 24.8 Å². The largest absolute Gasteiger partial charge is 1.00 e. The van der Waals surface area contributed by atoms with Crippen LogP contribution in [0.4, 0.5) is 0 Å². The normalized spacial score (nSPS) is 26.2. The van der Waals surface area contributed by atoms with Gasteiger partial charge in [0.15, 0.2) is 0 Å². The second kappa shape index (κ2) is 26.3. The molecule has 4 saturated heterocycles. The van der Waals surface area contributed by atoms with Crippen molar-refractivity contribution in [3.05, 3.63) is 80.6 Å². The van der Waals surface area contributed by atoms with E-state index < -0.39 is 17.5 Å². The number of halogens is 2. The SMILES string of the molecule is CCOC(=O)c1nc2ccccc2n(C2C[C@@H]3CN(C)C[C@H](C2)N3C2CCCCCCC2)c1=O.CN1C[C@H]2CC(n3c(=O)c(C(=O)O)nc4ccccc43)C[C@@H](C1)N2C1CCCCCCC1.Cl.Cl.[Na+].[OH-]. The van der Waals surface area contributed by atoms with E-state index in [1.54, 1.807) is 17.6 Å². The summed E-state index contributed by atoms with van der Waals surface area (Å²) in [6, 6.07) is 18.1. The molecule has 0 amide bonds. The third-order valence-corrected chi connectivity index (χ3v) is 15.9. The number of rotatable bonds is 7. The second-order valence-corrected chi connectivity index (χ2v) is 20.5. The standard InChI is InChI=1S/C27H38N4O3.C25H34N4O3.2ClH.Na.H2O/c1-3-34-27(33)25-26(32)31(24-14-10-9-13-23(24)28-25)20-15-21-17-29(2)18-22(16-20)30(21)19-11-7-5-4-6-8-12-19;1-27-15-19-13-18(14-20(16-27)28(19)17-9-5-3-2-4-6-10-17)29-22-12-8-7-11-21(22)26-23(24(29)30)25(31)32;;;;/h9-10,13-14,19-22H,3-8,11-12,15-18H2,1-2H3;7-8,11-12,17-20H,2-6,9-10,13-16H2,1H3,(H,31,32);2*1H;;1H2/q;;;;+1;/p-1/t20?,21-,22+;18?,19-,20+;;;;. The van der Waals surface area contributed by atoms with Gasteiger partial charge in [-0.3, -0.25) is 19.4 Å². The van der Waals surface area contributed by atoms with E-state index in [4.69, 9.17) is 4.74 Å². The van der Waals surface area contributed by atoms with Gasteiger partial charge in [0.1, 0.15) is 0 Å². The van der Waals surface area contributed by atoms with Gasteiger partial charge in [0.05, 0.1) is 28.7 Å². The zero-order chi connectivity index (χ0) is 45.9. The molecule has 4 aliphatic heterocycles. The maximum absolute atomic E-state index is 13.6. The molecule has 6 heterocycles. The average molecular weight is 1020 g/mol. The third kappa shape index (κ3) is 12.5. The van der Waals surface area contributed by atoms with Gasteiger partial charge >= 0.3 is 41.5 Å². The van der Waals surface area contributed by atoms with Crippen LogP contribution in [0.5, 0.6) is 0 Å². The number of carbonyl (C=O) groups is 2. The molecule has 2 aromatic carbocycles. The maximum Gasteiger partial charge on any atom is 1.00 e. The molecule has 0 spiro atoms. The van der Waals surface area contributed by atoms with Crippen molar-refractivity contribution in [2.75, 3.05) is 46.9 Å². The third-order valence-electron chi connectivity index (χ3n) is 15.9. The van der Waals surface area contributed by atoms with Gasteiger partial charge < -0.3 is 34.3 Å². The van der Waals surface area contributed by atoms with Crippen molar-refractivity contribution in [1.29, 1.82) is 0 Å². The molecule has 0 radical (unpaired) electrons. The van der Waals surface area contributed by atoms with Crippen molar-refractivity contribution in [3.8, 4) is 0 Å². The summed E-state index contributed by atoms with van der Waals surface area (Å²) >= 11 is 0. The van der Waals surface area contributed by atoms with Gasteiger partial charge in [-0.1, -0.05) is 88.5 Å². The number of esters is 1. The zero-order valence-corrected chi connectivity index (χ0v) is 45.5. The van der Waals surface area contributed by atoms with Gasteiger partial charge in [-0.2, -0.15) is 0 Å². The molecular weight excluding hydrogens is 943 g/mol. The molecule has 6 fully saturated rings. The minimum Gasteiger partial charge on any atom is -0.870 e. The number of carboxylic acids is 1. The first-order chi connectivity index (χ1) is 32.1. The summed E-state index contributed by atoms with van der Waals surface area (Å²) in [5.74, 6) is -1.87. The molecular formula is C52H75Cl2N8NaO7. The Kier molecular flexibility index (Phi) is 21.8. The van der Waals surface area contributed by atoms with Crippen molar-refractivity contribution in [2.45, 2.75) is 171 Å². The first-order valence-corrected chi connectivity index (χ1v) is 25.4. The summed E-state index contributed by atoms with van der Waals surface area (Å²) in [4.78, 5) is 70.4. The Morgan fingerprint density at radius 2 is 0.900 bits per heavy atom. The monoisotopic (exact) mass is 1020 g/mol. The number of piperazine rings is 2. The van der Waals surface area contributed by atoms with Crippen LogP contribution in [0.25, 0.3) is 22.1 Å². The Morgan fingerprint density at radius 3 is 1.27 bits per heavy atom. The summed E-state index contributed by atoms with van der Waals surface area (Å²) in [6.07, 6.45) is 22.2. The number of fused-ring (bicyclic) bond motifs is 6. The molecule has 4 bridgehead atoms. The van der Waals surface area contributed by atoms with Crippen molar-refractivity contribution in [3.63, 3.8) is 0 Å². The predicted molar refractivity (Wildman–Crippen MR) is 274 cm³/mol. The molecule has 10 rings (SSSR count). The second-order valence-electron chi connectivity index (χ2n) is 20.5. The molecule has 70 heavy (non-hydrogen) atoms. The van der Waals surface area contributed by atoms with Crippen LogP contribution < -0.4 is 40.7 Å². The smallest absolute Gasteiger partial charge is 0.870 e. The van der Waals surface area contributed by atoms with E-state index in [0.29, 0.717) is 47.3 Å².